The number of benzene rings is 2. The molecule has 0 atom stereocenters. The molecule has 2 rings (SSSR count). The maximum atomic E-state index is 12.0. The Labute approximate surface area is 133 Å². The molecule has 0 fully saturated rings. The number of Topliss-reactive ketones (excluding diaryl/α,β-unsaturated/α-hetero) is 1. The number of thioether (sulfide) groups is 1. The summed E-state index contributed by atoms with van der Waals surface area (Å²) >= 11 is 13.6. The molecule has 1 nitrogen and oxygen atoms in total. The van der Waals surface area contributed by atoms with E-state index in [1.807, 2.05) is 43.3 Å². The van der Waals surface area contributed by atoms with Gasteiger partial charge in [-0.25, -0.2) is 0 Å². The van der Waals surface area contributed by atoms with Crippen LogP contribution < -0.4 is 0 Å². The summed E-state index contributed by atoms with van der Waals surface area (Å²) in [6, 6.07) is 13.5. The van der Waals surface area contributed by atoms with Gasteiger partial charge in [0.2, 0.25) is 0 Å². The standard InChI is InChI=1S/C16H14Cl2OS/c1-11-5-7-14(8-6-11)20-10-13(19)9-12-3-2-4-15(17)16(12)18/h2-8H,9-10H2,1H3. The number of hydrogen-bond acceptors (Lipinski definition) is 2. The van der Waals surface area contributed by atoms with E-state index in [2.05, 4.69) is 0 Å². The van der Waals surface area contributed by atoms with E-state index < -0.39 is 0 Å². The van der Waals surface area contributed by atoms with Gasteiger partial charge >= 0.3 is 0 Å². The molecule has 0 spiro atoms. The summed E-state index contributed by atoms with van der Waals surface area (Å²) < 4.78 is 0. The van der Waals surface area contributed by atoms with Crippen molar-refractivity contribution in [1.82, 2.24) is 0 Å². The van der Waals surface area contributed by atoms with E-state index in [1.54, 1.807) is 17.8 Å². The Morgan fingerprint density at radius 3 is 2.50 bits per heavy atom. The minimum atomic E-state index is 0.139. The van der Waals surface area contributed by atoms with Gasteiger partial charge in [-0.3, -0.25) is 4.79 Å². The first kappa shape index (κ1) is 15.4. The molecule has 0 heterocycles. The second-order valence-corrected chi connectivity index (χ2v) is 6.36. The lowest BCUT2D eigenvalue weighted by molar-refractivity contribution is -0.116. The fraction of sp³-hybridized carbons (Fsp3) is 0.188. The average molecular weight is 325 g/mol. The highest BCUT2D eigenvalue weighted by molar-refractivity contribution is 8.00. The van der Waals surface area contributed by atoms with E-state index in [0.717, 1.165) is 10.5 Å². The first-order valence-electron chi connectivity index (χ1n) is 6.20. The van der Waals surface area contributed by atoms with Crippen LogP contribution in [0, 0.1) is 6.92 Å². The van der Waals surface area contributed by atoms with Gasteiger partial charge in [-0.1, -0.05) is 53.0 Å². The number of halogens is 2. The Bertz CT molecular complexity index is 608. The molecule has 0 radical (unpaired) electrons. The van der Waals surface area contributed by atoms with Crippen LogP contribution >= 0.6 is 35.0 Å². The summed E-state index contributed by atoms with van der Waals surface area (Å²) in [5.74, 6) is 0.575. The fourth-order valence-electron chi connectivity index (χ4n) is 1.75. The summed E-state index contributed by atoms with van der Waals surface area (Å²) in [7, 11) is 0. The molecule has 0 saturated heterocycles. The van der Waals surface area contributed by atoms with Gasteiger partial charge in [0.1, 0.15) is 5.78 Å². The molecule has 2 aromatic carbocycles. The lowest BCUT2D eigenvalue weighted by atomic mass is 10.1. The molecule has 0 aliphatic rings. The summed E-state index contributed by atoms with van der Waals surface area (Å²) in [4.78, 5) is 13.1. The van der Waals surface area contributed by atoms with Gasteiger partial charge in [0.15, 0.2) is 0 Å². The van der Waals surface area contributed by atoms with Crippen LogP contribution in [-0.4, -0.2) is 11.5 Å². The molecule has 0 aromatic heterocycles. The third-order valence-electron chi connectivity index (χ3n) is 2.84. The quantitative estimate of drug-likeness (QED) is 0.702. The van der Waals surface area contributed by atoms with Gasteiger partial charge in [0, 0.05) is 11.3 Å². The van der Waals surface area contributed by atoms with E-state index in [1.165, 1.54) is 5.56 Å². The van der Waals surface area contributed by atoms with Crippen molar-refractivity contribution in [1.29, 1.82) is 0 Å². The van der Waals surface area contributed by atoms with Gasteiger partial charge in [0.05, 0.1) is 15.8 Å². The van der Waals surface area contributed by atoms with Crippen molar-refractivity contribution in [3.05, 3.63) is 63.6 Å². The Morgan fingerprint density at radius 1 is 1.10 bits per heavy atom. The van der Waals surface area contributed by atoms with Crippen LogP contribution in [0.4, 0.5) is 0 Å². The van der Waals surface area contributed by atoms with Crippen molar-refractivity contribution in [3.63, 3.8) is 0 Å². The smallest absolute Gasteiger partial charge is 0.147 e. The zero-order valence-corrected chi connectivity index (χ0v) is 13.4. The maximum absolute atomic E-state index is 12.0. The minimum absolute atomic E-state index is 0.139. The summed E-state index contributed by atoms with van der Waals surface area (Å²) in [6.07, 6.45) is 0.318. The first-order valence-corrected chi connectivity index (χ1v) is 7.94. The van der Waals surface area contributed by atoms with Crippen LogP contribution in [0.1, 0.15) is 11.1 Å². The molecule has 0 unspecified atom stereocenters. The third-order valence-corrected chi connectivity index (χ3v) is 4.77. The Kier molecular flexibility index (Phi) is 5.53. The van der Waals surface area contributed by atoms with E-state index in [0.29, 0.717) is 22.2 Å². The Morgan fingerprint density at radius 2 is 1.80 bits per heavy atom. The molecule has 2 aromatic rings. The van der Waals surface area contributed by atoms with Crippen molar-refractivity contribution in [2.45, 2.75) is 18.2 Å². The highest BCUT2D eigenvalue weighted by atomic mass is 35.5. The SMILES string of the molecule is Cc1ccc(SCC(=O)Cc2cccc(Cl)c2Cl)cc1. The van der Waals surface area contributed by atoms with Crippen LogP contribution in [0.25, 0.3) is 0 Å². The van der Waals surface area contributed by atoms with Gasteiger partial charge < -0.3 is 0 Å². The van der Waals surface area contributed by atoms with Crippen LogP contribution in [0.3, 0.4) is 0 Å². The van der Waals surface area contributed by atoms with Gasteiger partial charge in [-0.15, -0.1) is 11.8 Å². The second kappa shape index (κ2) is 7.16. The van der Waals surface area contributed by atoms with Crippen LogP contribution in [-0.2, 0) is 11.2 Å². The van der Waals surface area contributed by atoms with Crippen molar-refractivity contribution in [2.75, 3.05) is 5.75 Å². The van der Waals surface area contributed by atoms with Crippen molar-refractivity contribution >= 4 is 40.7 Å². The lowest BCUT2D eigenvalue weighted by Gasteiger charge is -2.05. The molecule has 0 aliphatic heterocycles. The van der Waals surface area contributed by atoms with Gasteiger partial charge in [0.25, 0.3) is 0 Å². The molecule has 0 N–H and O–H groups in total. The summed E-state index contributed by atoms with van der Waals surface area (Å²) in [5, 5.41) is 0.964. The molecule has 0 saturated carbocycles. The maximum Gasteiger partial charge on any atom is 0.147 e. The highest BCUT2D eigenvalue weighted by Crippen LogP contribution is 2.26. The summed E-state index contributed by atoms with van der Waals surface area (Å²) in [5.41, 5.74) is 2.00. The fourth-order valence-corrected chi connectivity index (χ4v) is 2.89. The lowest BCUT2D eigenvalue weighted by Crippen LogP contribution is -2.06. The molecule has 0 amide bonds. The van der Waals surface area contributed by atoms with Crippen LogP contribution in [0.2, 0.25) is 10.0 Å². The number of carbonyl (C=O) groups excluding carboxylic acids is 1. The molecule has 20 heavy (non-hydrogen) atoms. The molecule has 4 heteroatoms. The normalized spacial score (nSPS) is 10.6. The molecular formula is C16H14Cl2OS. The minimum Gasteiger partial charge on any atom is -0.298 e. The zero-order chi connectivity index (χ0) is 14.5. The second-order valence-electron chi connectivity index (χ2n) is 4.53. The molecule has 104 valence electrons. The van der Waals surface area contributed by atoms with Crippen LogP contribution in [0.5, 0.6) is 0 Å². The third kappa shape index (κ3) is 4.27. The Hall–Kier alpha value is -0.960. The largest absolute Gasteiger partial charge is 0.298 e. The molecule has 0 aliphatic carbocycles. The van der Waals surface area contributed by atoms with Crippen molar-refractivity contribution in [2.24, 2.45) is 0 Å². The number of ketones is 1. The van der Waals surface area contributed by atoms with Crippen molar-refractivity contribution in [3.8, 4) is 0 Å². The first-order chi connectivity index (χ1) is 9.56. The number of hydrogen-bond donors (Lipinski definition) is 0. The summed E-state index contributed by atoms with van der Waals surface area (Å²) in [6.45, 7) is 2.04. The Balaban J connectivity index is 1.92. The van der Waals surface area contributed by atoms with E-state index in [9.17, 15) is 4.79 Å². The van der Waals surface area contributed by atoms with E-state index >= 15 is 0 Å². The van der Waals surface area contributed by atoms with Gasteiger partial charge in [-0.05, 0) is 30.7 Å². The monoisotopic (exact) mass is 324 g/mol. The highest BCUT2D eigenvalue weighted by Gasteiger charge is 2.10. The topological polar surface area (TPSA) is 17.1 Å². The predicted octanol–water partition coefficient (Wildman–Crippen LogP) is 5.21. The molecule has 0 bridgehead atoms. The predicted molar refractivity (Wildman–Crippen MR) is 87.1 cm³/mol. The number of aryl methyl sites for hydroxylation is 1. The van der Waals surface area contributed by atoms with Crippen molar-refractivity contribution < 1.29 is 4.79 Å². The van der Waals surface area contributed by atoms with E-state index in [4.69, 9.17) is 23.2 Å². The number of carbonyl (C=O) groups is 1. The van der Waals surface area contributed by atoms with E-state index in [-0.39, 0.29) is 5.78 Å². The molecular weight excluding hydrogens is 311 g/mol. The average Bonchev–Trinajstić information content (AvgIpc) is 2.43. The zero-order valence-electron chi connectivity index (χ0n) is 11.0. The van der Waals surface area contributed by atoms with Crippen LogP contribution in [0.15, 0.2) is 47.4 Å². The number of rotatable bonds is 5. The van der Waals surface area contributed by atoms with Gasteiger partial charge in [-0.2, -0.15) is 0 Å².